The molecule has 0 aliphatic carbocycles. The first-order valence-corrected chi connectivity index (χ1v) is 8.71. The highest BCUT2D eigenvalue weighted by molar-refractivity contribution is 6.08. The number of anilines is 1. The molecule has 1 aliphatic rings. The zero-order valence-electron chi connectivity index (χ0n) is 15.1. The summed E-state index contributed by atoms with van der Waals surface area (Å²) in [5.41, 5.74) is -0.416. The van der Waals surface area contributed by atoms with Gasteiger partial charge in [-0.25, -0.2) is 0 Å². The van der Waals surface area contributed by atoms with Crippen LogP contribution < -0.4 is 15.0 Å². The fraction of sp³-hybridized carbons (Fsp3) is 0.263. The van der Waals surface area contributed by atoms with E-state index in [9.17, 15) is 24.1 Å². The Kier molecular flexibility index (Phi) is 5.53. The first-order valence-electron chi connectivity index (χ1n) is 8.71. The normalized spacial score (nSPS) is 15.4. The molecular weight excluding hydrogens is 369 g/mol. The lowest BCUT2D eigenvalue weighted by molar-refractivity contribution is -0.387. The molecule has 0 saturated carbocycles. The summed E-state index contributed by atoms with van der Waals surface area (Å²) in [5, 5.41) is 13.7. The van der Waals surface area contributed by atoms with Crippen LogP contribution in [0.25, 0.3) is 0 Å². The van der Waals surface area contributed by atoms with E-state index >= 15 is 0 Å². The van der Waals surface area contributed by atoms with E-state index in [1.54, 1.807) is 24.3 Å². The summed E-state index contributed by atoms with van der Waals surface area (Å²) in [6.07, 6.45) is -0.183. The third-order valence-electron chi connectivity index (χ3n) is 4.25. The minimum Gasteiger partial charge on any atom is -0.477 e. The zero-order valence-corrected chi connectivity index (χ0v) is 15.1. The Hall–Kier alpha value is -3.49. The molecule has 0 radical (unpaired) electrons. The molecule has 1 atom stereocenters. The molecule has 8 nitrogen and oxygen atoms in total. The summed E-state index contributed by atoms with van der Waals surface area (Å²) >= 11 is 0. The highest BCUT2D eigenvalue weighted by Gasteiger charge is 2.34. The van der Waals surface area contributed by atoms with Gasteiger partial charge in [-0.1, -0.05) is 19.1 Å². The van der Waals surface area contributed by atoms with Crippen molar-refractivity contribution < 1.29 is 23.6 Å². The molecule has 0 spiro atoms. The number of para-hydroxylation sites is 2. The van der Waals surface area contributed by atoms with Gasteiger partial charge in [0.15, 0.2) is 6.10 Å². The Morgan fingerprint density at radius 3 is 2.79 bits per heavy atom. The largest absolute Gasteiger partial charge is 0.477 e. The number of hydrogen-bond acceptors (Lipinski definition) is 5. The molecule has 0 saturated heterocycles. The summed E-state index contributed by atoms with van der Waals surface area (Å²) in [6, 6.07) is 9.62. The number of rotatable bonds is 5. The second-order valence-electron chi connectivity index (χ2n) is 6.20. The van der Waals surface area contributed by atoms with Gasteiger partial charge in [0.25, 0.3) is 11.8 Å². The number of fused-ring (bicyclic) bond motifs is 1. The molecule has 0 fully saturated rings. The fourth-order valence-electron chi connectivity index (χ4n) is 2.87. The van der Waals surface area contributed by atoms with Gasteiger partial charge in [0, 0.05) is 18.2 Å². The highest BCUT2D eigenvalue weighted by Crippen LogP contribution is 2.34. The van der Waals surface area contributed by atoms with E-state index in [2.05, 4.69) is 5.32 Å². The van der Waals surface area contributed by atoms with Gasteiger partial charge in [-0.05, 0) is 30.7 Å². The van der Waals surface area contributed by atoms with Gasteiger partial charge in [0.1, 0.15) is 5.75 Å². The third-order valence-corrected chi connectivity index (χ3v) is 4.25. The van der Waals surface area contributed by atoms with Crippen molar-refractivity contribution in [2.24, 2.45) is 0 Å². The number of nitro groups is 1. The Labute approximate surface area is 160 Å². The van der Waals surface area contributed by atoms with E-state index in [0.29, 0.717) is 18.0 Å². The van der Waals surface area contributed by atoms with Gasteiger partial charge in [-0.15, -0.1) is 0 Å². The number of nitrogens with one attached hydrogen (secondary N) is 1. The molecule has 0 unspecified atom stereocenters. The summed E-state index contributed by atoms with van der Waals surface area (Å²) in [6.45, 7) is 2.31. The van der Waals surface area contributed by atoms with Crippen molar-refractivity contribution in [3.63, 3.8) is 0 Å². The monoisotopic (exact) mass is 387 g/mol. The lowest BCUT2D eigenvalue weighted by Gasteiger charge is -2.34. The van der Waals surface area contributed by atoms with Crippen molar-refractivity contribution in [3.8, 4) is 5.75 Å². The van der Waals surface area contributed by atoms with Crippen molar-refractivity contribution in [1.82, 2.24) is 5.32 Å². The van der Waals surface area contributed by atoms with Crippen molar-refractivity contribution in [1.29, 1.82) is 0 Å². The minimum absolute atomic E-state index is 0.0579. The van der Waals surface area contributed by atoms with Crippen molar-refractivity contribution in [3.05, 3.63) is 64.0 Å². The number of nitro benzene ring substituents is 1. The molecule has 0 bridgehead atoms. The van der Waals surface area contributed by atoms with Crippen LogP contribution in [0.5, 0.6) is 5.75 Å². The maximum absolute atomic E-state index is 13.6. The van der Waals surface area contributed by atoms with E-state index in [-0.39, 0.29) is 18.0 Å². The number of hydrogen-bond donors (Lipinski definition) is 1. The Morgan fingerprint density at radius 2 is 2.07 bits per heavy atom. The Morgan fingerprint density at radius 1 is 1.32 bits per heavy atom. The van der Waals surface area contributed by atoms with Crippen LogP contribution >= 0.6 is 0 Å². The first kappa shape index (κ1) is 19.3. The zero-order chi connectivity index (χ0) is 20.3. The predicted octanol–water partition coefficient (Wildman–Crippen LogP) is 2.67. The molecular formula is C19H18FN3O5. The first-order chi connectivity index (χ1) is 13.4. The molecule has 9 heteroatoms. The van der Waals surface area contributed by atoms with Crippen molar-refractivity contribution in [2.45, 2.75) is 19.4 Å². The van der Waals surface area contributed by atoms with Crippen LogP contribution in [0, 0.1) is 15.9 Å². The molecule has 2 amide bonds. The van der Waals surface area contributed by atoms with Crippen LogP contribution in [0.2, 0.25) is 0 Å². The maximum atomic E-state index is 13.6. The summed E-state index contributed by atoms with van der Waals surface area (Å²) in [4.78, 5) is 36.8. The number of benzene rings is 2. The van der Waals surface area contributed by atoms with E-state index in [1.165, 1.54) is 11.0 Å². The number of amides is 2. The maximum Gasteiger partial charge on any atom is 0.305 e. The number of halogens is 1. The second kappa shape index (κ2) is 8.03. The SMILES string of the molecule is CCCNC(=O)[C@@H]1CN(C(=O)c2ccc(F)c([N+](=O)[O-])c2)c2ccccc2O1. The van der Waals surface area contributed by atoms with Gasteiger partial charge >= 0.3 is 5.69 Å². The molecule has 146 valence electrons. The van der Waals surface area contributed by atoms with E-state index < -0.39 is 28.4 Å². The van der Waals surface area contributed by atoms with Gasteiger partial charge in [-0.2, -0.15) is 4.39 Å². The van der Waals surface area contributed by atoms with Gasteiger partial charge in [-0.3, -0.25) is 19.7 Å². The van der Waals surface area contributed by atoms with Crippen LogP contribution in [-0.4, -0.2) is 35.9 Å². The van der Waals surface area contributed by atoms with Crippen LogP contribution in [0.4, 0.5) is 15.8 Å². The average Bonchev–Trinajstić information content (AvgIpc) is 2.70. The second-order valence-corrected chi connectivity index (χ2v) is 6.20. The predicted molar refractivity (Wildman–Crippen MR) is 98.9 cm³/mol. The summed E-state index contributed by atoms with van der Waals surface area (Å²) in [7, 11) is 0. The topological polar surface area (TPSA) is 102 Å². The average molecular weight is 387 g/mol. The highest BCUT2D eigenvalue weighted by atomic mass is 19.1. The van der Waals surface area contributed by atoms with Crippen LogP contribution in [0.1, 0.15) is 23.7 Å². The van der Waals surface area contributed by atoms with Gasteiger partial charge in [0.2, 0.25) is 5.82 Å². The minimum atomic E-state index is -1.03. The van der Waals surface area contributed by atoms with Crippen LogP contribution in [0.15, 0.2) is 42.5 Å². The molecule has 1 N–H and O–H groups in total. The van der Waals surface area contributed by atoms with E-state index in [4.69, 9.17) is 4.74 Å². The van der Waals surface area contributed by atoms with E-state index in [1.807, 2.05) is 6.92 Å². The summed E-state index contributed by atoms with van der Waals surface area (Å²) < 4.78 is 19.3. The number of ether oxygens (including phenoxy) is 1. The smallest absolute Gasteiger partial charge is 0.305 e. The van der Waals surface area contributed by atoms with E-state index in [0.717, 1.165) is 18.6 Å². The van der Waals surface area contributed by atoms with Gasteiger partial charge < -0.3 is 15.0 Å². The Balaban J connectivity index is 1.95. The standard InChI is InChI=1S/C19H18FN3O5/c1-2-9-21-18(24)17-11-22(14-5-3-4-6-16(14)28-17)19(25)12-7-8-13(20)15(10-12)23(26)27/h3-8,10,17H,2,9,11H2,1H3,(H,21,24)/t17-/m0/s1. The molecule has 3 rings (SSSR count). The number of nitrogens with zero attached hydrogens (tertiary/aromatic N) is 2. The third kappa shape index (κ3) is 3.78. The molecule has 1 aliphatic heterocycles. The Bertz CT molecular complexity index is 934. The van der Waals surface area contributed by atoms with Crippen molar-refractivity contribution in [2.75, 3.05) is 18.0 Å². The number of carbonyl (C=O) groups excluding carboxylic acids is 2. The van der Waals surface area contributed by atoms with Gasteiger partial charge in [0.05, 0.1) is 17.2 Å². The van der Waals surface area contributed by atoms with Crippen molar-refractivity contribution >= 4 is 23.2 Å². The number of carbonyl (C=O) groups is 2. The molecule has 2 aromatic rings. The lowest BCUT2D eigenvalue weighted by Crippen LogP contribution is -2.50. The molecule has 28 heavy (non-hydrogen) atoms. The van der Waals surface area contributed by atoms with Crippen LogP contribution in [0.3, 0.4) is 0 Å². The quantitative estimate of drug-likeness (QED) is 0.628. The lowest BCUT2D eigenvalue weighted by atomic mass is 10.1. The molecule has 2 aromatic carbocycles. The molecule has 1 heterocycles. The summed E-state index contributed by atoms with van der Waals surface area (Å²) in [5.74, 6) is -1.64. The fourth-order valence-corrected chi connectivity index (χ4v) is 2.87. The molecule has 0 aromatic heterocycles. The van der Waals surface area contributed by atoms with Crippen LogP contribution in [-0.2, 0) is 4.79 Å².